The Labute approximate surface area is 170 Å². The summed E-state index contributed by atoms with van der Waals surface area (Å²) in [5.41, 5.74) is 14.8. The van der Waals surface area contributed by atoms with Crippen LogP contribution in [0.1, 0.15) is 45.4 Å². The standard InChI is InChI=1S/C17H35N5O5S/c1-17(27,13(19)6-7-14(20)23)22-11(8-10-28-2)15(24)21-12(16(25)26)5-3-4-9-18/h11-13,22,27H,3-10,18-19H2,1-2H3,(H2,20,23)(H,21,24)(H,25,26). The largest absolute Gasteiger partial charge is 0.480 e. The Hall–Kier alpha value is -1.40. The molecule has 11 heteroatoms. The molecule has 0 fully saturated rings. The van der Waals surface area contributed by atoms with Crippen molar-refractivity contribution in [3.8, 4) is 0 Å². The lowest BCUT2D eigenvalue weighted by Crippen LogP contribution is -2.63. The maximum atomic E-state index is 12.7. The van der Waals surface area contributed by atoms with Gasteiger partial charge in [0.25, 0.3) is 0 Å². The number of hydrogen-bond acceptors (Lipinski definition) is 8. The molecule has 10 N–H and O–H groups in total. The number of unbranched alkanes of at least 4 members (excludes halogenated alkanes) is 1. The fourth-order valence-electron chi connectivity index (χ4n) is 2.57. The highest BCUT2D eigenvalue weighted by Crippen LogP contribution is 2.13. The number of carbonyl (C=O) groups is 3. The van der Waals surface area contributed by atoms with Gasteiger partial charge in [-0.2, -0.15) is 11.8 Å². The van der Waals surface area contributed by atoms with Gasteiger partial charge < -0.3 is 32.7 Å². The Bertz CT molecular complexity index is 506. The number of carboxylic acids is 1. The predicted octanol–water partition coefficient (Wildman–Crippen LogP) is -1.30. The van der Waals surface area contributed by atoms with Gasteiger partial charge in [-0.3, -0.25) is 14.9 Å². The monoisotopic (exact) mass is 421 g/mol. The smallest absolute Gasteiger partial charge is 0.326 e. The van der Waals surface area contributed by atoms with Crippen LogP contribution in [0.25, 0.3) is 0 Å². The van der Waals surface area contributed by atoms with Gasteiger partial charge in [0, 0.05) is 12.5 Å². The van der Waals surface area contributed by atoms with Gasteiger partial charge in [-0.1, -0.05) is 0 Å². The lowest BCUT2D eigenvalue weighted by atomic mass is 9.99. The van der Waals surface area contributed by atoms with E-state index in [1.807, 2.05) is 6.26 Å². The van der Waals surface area contributed by atoms with E-state index >= 15 is 0 Å². The van der Waals surface area contributed by atoms with Crippen molar-refractivity contribution in [2.45, 2.75) is 69.3 Å². The maximum Gasteiger partial charge on any atom is 0.326 e. The number of hydrogen-bond donors (Lipinski definition) is 7. The first-order valence-corrected chi connectivity index (χ1v) is 10.7. The van der Waals surface area contributed by atoms with Crippen LogP contribution in [0, 0.1) is 0 Å². The van der Waals surface area contributed by atoms with E-state index in [1.165, 1.54) is 18.7 Å². The molecule has 0 aromatic heterocycles. The molecular weight excluding hydrogens is 386 g/mol. The van der Waals surface area contributed by atoms with E-state index in [-0.39, 0.29) is 19.3 Å². The van der Waals surface area contributed by atoms with Crippen LogP contribution in [0.4, 0.5) is 0 Å². The van der Waals surface area contributed by atoms with E-state index in [0.717, 1.165) is 0 Å². The Morgan fingerprint density at radius 1 is 1.14 bits per heavy atom. The highest BCUT2D eigenvalue weighted by Gasteiger charge is 2.34. The van der Waals surface area contributed by atoms with Gasteiger partial charge in [-0.05, 0) is 57.6 Å². The third-order valence-corrected chi connectivity index (χ3v) is 5.02. The minimum Gasteiger partial charge on any atom is -0.480 e. The van der Waals surface area contributed by atoms with Crippen molar-refractivity contribution >= 4 is 29.5 Å². The summed E-state index contributed by atoms with van der Waals surface area (Å²) in [6.45, 7) is 1.86. The summed E-state index contributed by atoms with van der Waals surface area (Å²) in [4.78, 5) is 35.0. The number of aliphatic hydroxyl groups is 1. The minimum absolute atomic E-state index is 0.00288. The second kappa shape index (κ2) is 13.7. The second-order valence-electron chi connectivity index (χ2n) is 6.92. The van der Waals surface area contributed by atoms with Crippen LogP contribution in [0.3, 0.4) is 0 Å². The third-order valence-electron chi connectivity index (χ3n) is 4.38. The number of thioether (sulfide) groups is 1. The normalized spacial score (nSPS) is 16.6. The van der Waals surface area contributed by atoms with E-state index in [9.17, 15) is 24.6 Å². The molecular formula is C17H35N5O5S. The Balaban J connectivity index is 5.07. The molecule has 0 aliphatic carbocycles. The molecule has 10 nitrogen and oxygen atoms in total. The number of carbonyl (C=O) groups excluding carboxylic acids is 2. The van der Waals surface area contributed by atoms with E-state index < -0.39 is 41.6 Å². The maximum absolute atomic E-state index is 12.7. The quantitative estimate of drug-likeness (QED) is 0.117. The van der Waals surface area contributed by atoms with Crippen molar-refractivity contribution in [3.05, 3.63) is 0 Å². The number of primary amides is 1. The van der Waals surface area contributed by atoms with Gasteiger partial charge in [0.1, 0.15) is 11.8 Å². The van der Waals surface area contributed by atoms with Crippen LogP contribution >= 0.6 is 11.8 Å². The molecule has 0 rings (SSSR count). The molecule has 0 radical (unpaired) electrons. The lowest BCUT2D eigenvalue weighted by molar-refractivity contribution is -0.142. The zero-order valence-electron chi connectivity index (χ0n) is 16.6. The average molecular weight is 422 g/mol. The Morgan fingerprint density at radius 3 is 2.29 bits per heavy atom. The van der Waals surface area contributed by atoms with Gasteiger partial charge in [-0.25, -0.2) is 4.79 Å². The second-order valence-corrected chi connectivity index (χ2v) is 7.91. The highest BCUT2D eigenvalue weighted by atomic mass is 32.2. The van der Waals surface area contributed by atoms with Crippen molar-refractivity contribution in [1.29, 1.82) is 0 Å². The molecule has 0 aromatic rings. The minimum atomic E-state index is -1.64. The number of carboxylic acid groups (broad SMARTS) is 1. The molecule has 0 saturated carbocycles. The van der Waals surface area contributed by atoms with Crippen molar-refractivity contribution in [1.82, 2.24) is 10.6 Å². The Kier molecular flexibility index (Phi) is 13.0. The van der Waals surface area contributed by atoms with E-state index in [0.29, 0.717) is 31.6 Å². The summed E-state index contributed by atoms with van der Waals surface area (Å²) in [5.74, 6) is -1.58. The van der Waals surface area contributed by atoms with Crippen molar-refractivity contribution < 1.29 is 24.6 Å². The van der Waals surface area contributed by atoms with Gasteiger partial charge in [0.15, 0.2) is 0 Å². The summed E-state index contributed by atoms with van der Waals surface area (Å²) in [7, 11) is 0. The van der Waals surface area contributed by atoms with E-state index in [2.05, 4.69) is 10.6 Å². The number of rotatable bonds is 16. The molecule has 0 heterocycles. The molecule has 0 aliphatic rings. The molecule has 4 unspecified atom stereocenters. The zero-order valence-corrected chi connectivity index (χ0v) is 17.5. The van der Waals surface area contributed by atoms with Crippen LogP contribution in [-0.4, -0.2) is 70.4 Å². The topological polar surface area (TPSA) is 194 Å². The number of nitrogens with one attached hydrogen (secondary N) is 2. The highest BCUT2D eigenvalue weighted by molar-refractivity contribution is 7.98. The molecule has 0 aliphatic heterocycles. The number of amides is 2. The summed E-state index contributed by atoms with van der Waals surface area (Å²) in [6.07, 6.45) is 3.89. The van der Waals surface area contributed by atoms with Crippen LogP contribution in [0.2, 0.25) is 0 Å². The molecule has 0 bridgehead atoms. The first kappa shape index (κ1) is 26.6. The first-order chi connectivity index (χ1) is 13.0. The van der Waals surface area contributed by atoms with Crippen LogP contribution in [0.5, 0.6) is 0 Å². The van der Waals surface area contributed by atoms with Crippen molar-refractivity contribution in [2.24, 2.45) is 17.2 Å². The Morgan fingerprint density at radius 2 is 1.79 bits per heavy atom. The average Bonchev–Trinajstić information content (AvgIpc) is 2.61. The first-order valence-electron chi connectivity index (χ1n) is 9.31. The summed E-state index contributed by atoms with van der Waals surface area (Å²) in [6, 6.07) is -2.73. The van der Waals surface area contributed by atoms with Crippen LogP contribution < -0.4 is 27.8 Å². The molecule has 164 valence electrons. The molecule has 4 atom stereocenters. The van der Waals surface area contributed by atoms with E-state index in [1.54, 1.807) is 0 Å². The van der Waals surface area contributed by atoms with Gasteiger partial charge in [0.2, 0.25) is 11.8 Å². The lowest BCUT2D eigenvalue weighted by Gasteiger charge is -2.35. The molecule has 2 amide bonds. The summed E-state index contributed by atoms with van der Waals surface area (Å²) < 4.78 is 0. The molecule has 0 spiro atoms. The predicted molar refractivity (Wildman–Crippen MR) is 109 cm³/mol. The fraction of sp³-hybridized carbons (Fsp3) is 0.824. The van der Waals surface area contributed by atoms with Crippen molar-refractivity contribution in [3.63, 3.8) is 0 Å². The number of nitrogens with two attached hydrogens (primary N) is 3. The zero-order chi connectivity index (χ0) is 21.7. The summed E-state index contributed by atoms with van der Waals surface area (Å²) in [5, 5.41) is 25.3. The molecule has 28 heavy (non-hydrogen) atoms. The summed E-state index contributed by atoms with van der Waals surface area (Å²) >= 11 is 1.51. The SMILES string of the molecule is CSCCC(NC(C)(O)C(N)CCC(N)=O)C(=O)NC(CCCCN)C(=O)O. The van der Waals surface area contributed by atoms with Gasteiger partial charge in [-0.15, -0.1) is 0 Å². The van der Waals surface area contributed by atoms with E-state index in [4.69, 9.17) is 17.2 Å². The number of aliphatic carboxylic acids is 1. The molecule has 0 aromatic carbocycles. The van der Waals surface area contributed by atoms with Gasteiger partial charge >= 0.3 is 5.97 Å². The molecule has 0 saturated heterocycles. The fourth-order valence-corrected chi connectivity index (χ4v) is 3.04. The van der Waals surface area contributed by atoms with Crippen LogP contribution in [-0.2, 0) is 14.4 Å². The van der Waals surface area contributed by atoms with Gasteiger partial charge in [0.05, 0.1) is 6.04 Å². The van der Waals surface area contributed by atoms with Crippen LogP contribution in [0.15, 0.2) is 0 Å². The third kappa shape index (κ3) is 10.8. The van der Waals surface area contributed by atoms with Crippen molar-refractivity contribution in [2.75, 3.05) is 18.6 Å².